The Morgan fingerprint density at radius 3 is 2.44 bits per heavy atom. The molecule has 3 aliphatic heterocycles. The monoisotopic (exact) mass is 533 g/mol. The third-order valence-corrected chi connectivity index (χ3v) is 12.3. The van der Waals surface area contributed by atoms with Gasteiger partial charge in [-0.3, -0.25) is 14.5 Å². The van der Waals surface area contributed by atoms with Crippen LogP contribution < -0.4 is 0 Å². The van der Waals surface area contributed by atoms with Gasteiger partial charge >= 0.3 is 17.9 Å². The maximum atomic E-state index is 13.4. The molecule has 9 bridgehead atoms. The van der Waals surface area contributed by atoms with E-state index in [-0.39, 0.29) is 41.2 Å². The molecule has 6 saturated carbocycles. The molecular weight excluding hydrogens is 498 g/mol. The Balaban J connectivity index is 1.31. The standard InChI is InChI=1S/C31H35NO7/c1-15-19-10-20-24-31-23-21(12-29(20,30(31,36)11-19)25(15)37-16(2)33)32(24)14-28(23,4)13-22(26(31)38-17(3)34)39-27(35)18-8-6-5-7-9-18/h5-9,19-26,36H,1,10-14H2,2-4H3/t19-,20+,21+,22-,23+,24?,25-,26+,28-,29-,30-,31+/m0/s1. The summed E-state index contributed by atoms with van der Waals surface area (Å²) < 4.78 is 18.5. The normalized spacial score (nSPS) is 52.6. The lowest BCUT2D eigenvalue weighted by molar-refractivity contribution is -0.305. The van der Waals surface area contributed by atoms with E-state index in [1.54, 1.807) is 24.3 Å². The van der Waals surface area contributed by atoms with Gasteiger partial charge in [0.1, 0.15) is 18.3 Å². The Kier molecular flexibility index (Phi) is 4.41. The van der Waals surface area contributed by atoms with Crippen LogP contribution in [0.15, 0.2) is 42.5 Å². The molecule has 1 aromatic carbocycles. The van der Waals surface area contributed by atoms with Crippen molar-refractivity contribution in [3.8, 4) is 0 Å². The summed E-state index contributed by atoms with van der Waals surface area (Å²) in [7, 11) is 0. The van der Waals surface area contributed by atoms with Gasteiger partial charge in [0.05, 0.1) is 16.6 Å². The number of nitrogens with zero attached hydrogens (tertiary/aromatic N) is 1. The fourth-order valence-electron chi connectivity index (χ4n) is 11.9. The summed E-state index contributed by atoms with van der Waals surface area (Å²) in [4.78, 5) is 41.0. The molecule has 2 spiro atoms. The number of fused-ring (bicyclic) bond motifs is 1. The molecule has 6 aliphatic carbocycles. The van der Waals surface area contributed by atoms with Gasteiger partial charge in [-0.05, 0) is 66.6 Å². The first-order valence-electron chi connectivity index (χ1n) is 14.3. The van der Waals surface area contributed by atoms with Crippen molar-refractivity contribution in [3.05, 3.63) is 48.0 Å². The van der Waals surface area contributed by atoms with Gasteiger partial charge in [-0.15, -0.1) is 0 Å². The summed E-state index contributed by atoms with van der Waals surface area (Å²) in [5.41, 5.74) is -1.65. The Morgan fingerprint density at radius 1 is 1.03 bits per heavy atom. The van der Waals surface area contributed by atoms with E-state index >= 15 is 0 Å². The number of piperidine rings is 2. The average molecular weight is 534 g/mol. The molecule has 1 aromatic rings. The van der Waals surface area contributed by atoms with Gasteiger partial charge in [-0.1, -0.05) is 31.7 Å². The zero-order valence-corrected chi connectivity index (χ0v) is 22.6. The molecule has 39 heavy (non-hydrogen) atoms. The minimum absolute atomic E-state index is 0.0137. The van der Waals surface area contributed by atoms with Crippen LogP contribution in [0.2, 0.25) is 0 Å². The Morgan fingerprint density at radius 2 is 1.74 bits per heavy atom. The first-order valence-corrected chi connectivity index (χ1v) is 14.3. The molecule has 0 aromatic heterocycles. The topological polar surface area (TPSA) is 102 Å². The molecule has 3 saturated heterocycles. The number of hydrogen-bond donors (Lipinski definition) is 1. The van der Waals surface area contributed by atoms with Crippen LogP contribution >= 0.6 is 0 Å². The molecule has 8 heteroatoms. The van der Waals surface area contributed by atoms with Crippen LogP contribution in [0, 0.1) is 34.0 Å². The smallest absolute Gasteiger partial charge is 0.338 e. The van der Waals surface area contributed by atoms with Gasteiger partial charge < -0.3 is 19.3 Å². The SMILES string of the molecule is C=C1[C@H]2C[C@@H]3C4N5C[C@]6(C)C[C@H](OC(=O)c7ccccc7)[C@@H](OC(C)=O)[C@@]47[C@@H]6[C@H]5C[C@]3([C@H]1OC(C)=O)[C@@]7(O)C2. The highest BCUT2D eigenvalue weighted by atomic mass is 16.6. The second kappa shape index (κ2) is 7.13. The van der Waals surface area contributed by atoms with Crippen LogP contribution in [0.4, 0.5) is 0 Å². The number of rotatable bonds is 4. The maximum Gasteiger partial charge on any atom is 0.338 e. The minimum atomic E-state index is -1.25. The largest absolute Gasteiger partial charge is 0.458 e. The van der Waals surface area contributed by atoms with E-state index in [9.17, 15) is 19.5 Å². The van der Waals surface area contributed by atoms with Crippen LogP contribution in [-0.4, -0.2) is 70.5 Å². The zero-order chi connectivity index (χ0) is 27.3. The third kappa shape index (κ3) is 2.41. The summed E-state index contributed by atoms with van der Waals surface area (Å²) >= 11 is 0. The first-order chi connectivity index (χ1) is 18.5. The predicted molar refractivity (Wildman–Crippen MR) is 137 cm³/mol. The molecule has 206 valence electrons. The summed E-state index contributed by atoms with van der Waals surface area (Å²) in [5.74, 6) is -1.11. The van der Waals surface area contributed by atoms with Gasteiger partial charge in [0.2, 0.25) is 0 Å². The fourth-order valence-corrected chi connectivity index (χ4v) is 11.9. The lowest BCUT2D eigenvalue weighted by Crippen LogP contribution is -2.78. The molecule has 1 N–H and O–H groups in total. The summed E-state index contributed by atoms with van der Waals surface area (Å²) in [5, 5.41) is 13.3. The van der Waals surface area contributed by atoms with Gasteiger partial charge in [0.15, 0.2) is 0 Å². The number of esters is 3. The van der Waals surface area contributed by atoms with E-state index in [0.717, 1.165) is 25.0 Å². The molecule has 10 rings (SSSR count). The number of hydrogen-bond acceptors (Lipinski definition) is 8. The Bertz CT molecular complexity index is 1350. The number of benzene rings is 1. The van der Waals surface area contributed by atoms with Crippen molar-refractivity contribution in [3.63, 3.8) is 0 Å². The first kappa shape index (κ1) is 24.1. The van der Waals surface area contributed by atoms with E-state index in [1.807, 2.05) is 6.07 Å². The summed E-state index contributed by atoms with van der Waals surface area (Å²) in [6.07, 6.45) is 0.611. The van der Waals surface area contributed by atoms with Crippen molar-refractivity contribution in [2.45, 2.75) is 82.5 Å². The summed E-state index contributed by atoms with van der Waals surface area (Å²) in [6, 6.07) is 9.01. The van der Waals surface area contributed by atoms with E-state index < -0.39 is 46.7 Å². The van der Waals surface area contributed by atoms with Crippen molar-refractivity contribution >= 4 is 17.9 Å². The highest BCUT2D eigenvalue weighted by molar-refractivity contribution is 5.89. The Labute approximate surface area is 227 Å². The molecule has 9 fully saturated rings. The van der Waals surface area contributed by atoms with Gasteiger partial charge in [0.25, 0.3) is 0 Å². The predicted octanol–water partition coefficient (Wildman–Crippen LogP) is 2.89. The minimum Gasteiger partial charge on any atom is -0.458 e. The van der Waals surface area contributed by atoms with E-state index in [1.165, 1.54) is 13.8 Å². The highest BCUT2D eigenvalue weighted by Gasteiger charge is 2.97. The molecule has 8 nitrogen and oxygen atoms in total. The van der Waals surface area contributed by atoms with Gasteiger partial charge in [-0.25, -0.2) is 4.79 Å². The fraction of sp³-hybridized carbons (Fsp3) is 0.645. The van der Waals surface area contributed by atoms with Crippen LogP contribution in [0.25, 0.3) is 0 Å². The van der Waals surface area contributed by atoms with Crippen LogP contribution in [0.3, 0.4) is 0 Å². The van der Waals surface area contributed by atoms with E-state index in [4.69, 9.17) is 14.2 Å². The quantitative estimate of drug-likeness (QED) is 0.358. The zero-order valence-electron chi connectivity index (χ0n) is 22.6. The summed E-state index contributed by atoms with van der Waals surface area (Å²) in [6.45, 7) is 10.3. The molecule has 13 atom stereocenters. The highest BCUT2D eigenvalue weighted by Crippen LogP contribution is 2.88. The maximum absolute atomic E-state index is 13.4. The molecule has 9 aliphatic rings. The molecule has 0 radical (unpaired) electrons. The lowest BCUT2D eigenvalue weighted by Gasteiger charge is -2.69. The number of ether oxygens (including phenoxy) is 3. The third-order valence-electron chi connectivity index (χ3n) is 12.3. The van der Waals surface area contributed by atoms with Crippen molar-refractivity contribution in [2.24, 2.45) is 34.0 Å². The van der Waals surface area contributed by atoms with Crippen LogP contribution in [-0.2, 0) is 23.8 Å². The van der Waals surface area contributed by atoms with Gasteiger partial charge in [0, 0.05) is 37.9 Å². The molecule has 2 unspecified atom stereocenters. The van der Waals surface area contributed by atoms with E-state index in [2.05, 4.69) is 18.4 Å². The lowest BCUT2D eigenvalue weighted by atomic mass is 9.37. The second-order valence-electron chi connectivity index (χ2n) is 13.7. The number of carbonyl (C=O) groups excluding carboxylic acids is 3. The molecule has 3 heterocycles. The van der Waals surface area contributed by atoms with Crippen LogP contribution in [0.1, 0.15) is 56.8 Å². The molecule has 0 amide bonds. The Hall–Kier alpha value is -2.71. The van der Waals surface area contributed by atoms with Crippen molar-refractivity contribution in [2.75, 3.05) is 6.54 Å². The van der Waals surface area contributed by atoms with Gasteiger partial charge in [-0.2, -0.15) is 0 Å². The van der Waals surface area contributed by atoms with E-state index in [0.29, 0.717) is 18.4 Å². The van der Waals surface area contributed by atoms with Crippen LogP contribution in [0.5, 0.6) is 0 Å². The molecular formula is C31H35NO7. The van der Waals surface area contributed by atoms with Crippen molar-refractivity contribution in [1.29, 1.82) is 0 Å². The average Bonchev–Trinajstić information content (AvgIpc) is 3.28. The van der Waals surface area contributed by atoms with Crippen molar-refractivity contribution in [1.82, 2.24) is 4.90 Å². The number of aliphatic hydroxyl groups is 1. The second-order valence-corrected chi connectivity index (χ2v) is 13.7. The number of carbonyl (C=O) groups is 3. The van der Waals surface area contributed by atoms with Crippen molar-refractivity contribution < 1.29 is 33.7 Å².